The number of hydrogen-bond acceptors (Lipinski definition) is 6. The SMILES string of the molecule is CC12Cc3ccc(O)c4c3C3(C1)C(O4)C(O)CCC3(OC1CCC1=O)C2NC=O. The Labute approximate surface area is 168 Å². The summed E-state index contributed by atoms with van der Waals surface area (Å²) in [5.74, 6) is 0.573. The molecule has 4 aliphatic carbocycles. The van der Waals surface area contributed by atoms with Gasteiger partial charge in [-0.25, -0.2) is 0 Å². The second kappa shape index (κ2) is 5.32. The average molecular weight is 399 g/mol. The van der Waals surface area contributed by atoms with Crippen LogP contribution < -0.4 is 10.1 Å². The number of carbonyl (C=O) groups excluding carboxylic acids is 2. The van der Waals surface area contributed by atoms with E-state index in [0.29, 0.717) is 44.3 Å². The zero-order valence-corrected chi connectivity index (χ0v) is 16.3. The van der Waals surface area contributed by atoms with Crippen molar-refractivity contribution < 1.29 is 29.3 Å². The summed E-state index contributed by atoms with van der Waals surface area (Å²) >= 11 is 0. The van der Waals surface area contributed by atoms with Crippen molar-refractivity contribution in [1.82, 2.24) is 5.32 Å². The van der Waals surface area contributed by atoms with Gasteiger partial charge in [0.2, 0.25) is 6.41 Å². The van der Waals surface area contributed by atoms with Crippen molar-refractivity contribution in [2.45, 2.75) is 80.8 Å². The summed E-state index contributed by atoms with van der Waals surface area (Å²) < 4.78 is 12.9. The zero-order valence-electron chi connectivity index (χ0n) is 16.3. The van der Waals surface area contributed by atoms with Crippen LogP contribution in [0.2, 0.25) is 0 Å². The highest BCUT2D eigenvalue weighted by molar-refractivity contribution is 5.88. The molecular weight excluding hydrogens is 374 g/mol. The lowest BCUT2D eigenvalue weighted by molar-refractivity contribution is -0.206. The van der Waals surface area contributed by atoms with E-state index in [0.717, 1.165) is 17.5 Å². The number of aliphatic hydroxyl groups excluding tert-OH is 1. The molecule has 1 heterocycles. The van der Waals surface area contributed by atoms with Crippen molar-refractivity contribution in [3.63, 3.8) is 0 Å². The zero-order chi connectivity index (χ0) is 20.2. The molecule has 2 bridgehead atoms. The molecule has 1 aromatic rings. The number of ketones is 1. The molecule has 0 radical (unpaired) electrons. The largest absolute Gasteiger partial charge is 0.504 e. The molecule has 7 atom stereocenters. The van der Waals surface area contributed by atoms with E-state index in [9.17, 15) is 19.8 Å². The van der Waals surface area contributed by atoms with Gasteiger partial charge in [-0.2, -0.15) is 0 Å². The van der Waals surface area contributed by atoms with E-state index in [4.69, 9.17) is 9.47 Å². The lowest BCUT2D eigenvalue weighted by atomic mass is 9.57. The number of fused-ring (bicyclic) bond motifs is 1. The van der Waals surface area contributed by atoms with Gasteiger partial charge in [-0.3, -0.25) is 9.59 Å². The smallest absolute Gasteiger partial charge is 0.207 e. The Morgan fingerprint density at radius 2 is 2.17 bits per heavy atom. The minimum atomic E-state index is -0.863. The van der Waals surface area contributed by atoms with Crippen LogP contribution in [0.15, 0.2) is 12.1 Å². The van der Waals surface area contributed by atoms with Crippen molar-refractivity contribution in [2.75, 3.05) is 0 Å². The number of phenolic OH excluding ortho intramolecular Hbond substituents is 1. The molecule has 3 N–H and O–H groups in total. The summed E-state index contributed by atoms with van der Waals surface area (Å²) in [5.41, 5.74) is 0.0761. The Balaban J connectivity index is 1.64. The Morgan fingerprint density at radius 3 is 2.86 bits per heavy atom. The Bertz CT molecular complexity index is 947. The summed E-state index contributed by atoms with van der Waals surface area (Å²) in [7, 11) is 0. The first-order valence-corrected chi connectivity index (χ1v) is 10.5. The summed E-state index contributed by atoms with van der Waals surface area (Å²) in [5, 5.41) is 24.5. The van der Waals surface area contributed by atoms with Crippen molar-refractivity contribution in [2.24, 2.45) is 5.41 Å². The predicted molar refractivity (Wildman–Crippen MR) is 101 cm³/mol. The van der Waals surface area contributed by atoms with E-state index in [1.54, 1.807) is 6.07 Å². The molecule has 1 aromatic carbocycles. The molecule has 7 unspecified atom stereocenters. The molecule has 1 spiro atoms. The highest BCUT2D eigenvalue weighted by Crippen LogP contribution is 2.73. The first-order valence-electron chi connectivity index (χ1n) is 10.5. The first kappa shape index (κ1) is 17.7. The maximum Gasteiger partial charge on any atom is 0.207 e. The number of carbonyl (C=O) groups is 2. The highest BCUT2D eigenvalue weighted by atomic mass is 16.5. The predicted octanol–water partition coefficient (Wildman–Crippen LogP) is 1.11. The number of Topliss-reactive ketones (excluding diaryl/α,β-unsaturated/α-hetero) is 1. The molecule has 7 nitrogen and oxygen atoms in total. The number of aliphatic hydroxyl groups is 1. The third kappa shape index (κ3) is 1.83. The minimum Gasteiger partial charge on any atom is -0.504 e. The van der Waals surface area contributed by atoms with Crippen molar-refractivity contribution >= 4 is 12.2 Å². The van der Waals surface area contributed by atoms with Crippen molar-refractivity contribution in [3.8, 4) is 11.5 Å². The fourth-order valence-electron chi connectivity index (χ4n) is 7.37. The van der Waals surface area contributed by atoms with E-state index >= 15 is 0 Å². The Hall–Kier alpha value is -2.12. The topological polar surface area (TPSA) is 105 Å². The molecular formula is C22H25NO6. The van der Waals surface area contributed by atoms with E-state index in [2.05, 4.69) is 12.2 Å². The molecule has 1 aliphatic heterocycles. The number of hydrogen-bond donors (Lipinski definition) is 3. The lowest BCUT2D eigenvalue weighted by Gasteiger charge is -2.54. The fourth-order valence-corrected chi connectivity index (χ4v) is 7.37. The number of ether oxygens (including phenoxy) is 2. The van der Waals surface area contributed by atoms with Gasteiger partial charge < -0.3 is 25.0 Å². The molecule has 3 saturated carbocycles. The van der Waals surface area contributed by atoms with Gasteiger partial charge in [-0.1, -0.05) is 13.0 Å². The summed E-state index contributed by atoms with van der Waals surface area (Å²) in [6.45, 7) is 2.15. The lowest BCUT2D eigenvalue weighted by Crippen LogP contribution is -2.69. The van der Waals surface area contributed by atoms with E-state index in [1.807, 2.05) is 6.07 Å². The quantitative estimate of drug-likeness (QED) is 0.655. The fraction of sp³-hybridized carbons (Fsp3) is 0.636. The van der Waals surface area contributed by atoms with Crippen molar-refractivity contribution in [1.29, 1.82) is 0 Å². The van der Waals surface area contributed by atoms with Crippen LogP contribution >= 0.6 is 0 Å². The normalized spacial score (nSPS) is 45.9. The van der Waals surface area contributed by atoms with Gasteiger partial charge in [-0.15, -0.1) is 0 Å². The molecule has 154 valence electrons. The third-order valence-electron chi connectivity index (χ3n) is 8.36. The number of amides is 1. The van der Waals surface area contributed by atoms with Gasteiger partial charge in [0, 0.05) is 12.0 Å². The molecule has 0 saturated heterocycles. The number of benzene rings is 1. The number of rotatable bonds is 4. The maximum atomic E-state index is 12.2. The van der Waals surface area contributed by atoms with Gasteiger partial charge in [-0.05, 0) is 49.1 Å². The van der Waals surface area contributed by atoms with Crippen molar-refractivity contribution in [3.05, 3.63) is 23.3 Å². The molecule has 7 heteroatoms. The van der Waals surface area contributed by atoms with Gasteiger partial charge in [0.15, 0.2) is 17.3 Å². The summed E-state index contributed by atoms with van der Waals surface area (Å²) in [6.07, 6.45) is 2.49. The first-order chi connectivity index (χ1) is 13.9. The van der Waals surface area contributed by atoms with Crippen LogP contribution in [0, 0.1) is 5.41 Å². The molecule has 5 aliphatic rings. The summed E-state index contributed by atoms with van der Waals surface area (Å²) in [6, 6.07) is 3.24. The minimum absolute atomic E-state index is 0.0590. The number of phenols is 1. The molecule has 29 heavy (non-hydrogen) atoms. The van der Waals surface area contributed by atoms with Gasteiger partial charge in [0.1, 0.15) is 17.8 Å². The van der Waals surface area contributed by atoms with Gasteiger partial charge in [0.25, 0.3) is 0 Å². The van der Waals surface area contributed by atoms with E-state index in [-0.39, 0.29) is 23.0 Å². The van der Waals surface area contributed by atoms with Crippen LogP contribution in [0.25, 0.3) is 0 Å². The molecule has 1 amide bonds. The van der Waals surface area contributed by atoms with E-state index in [1.165, 1.54) is 0 Å². The van der Waals surface area contributed by atoms with Crippen LogP contribution in [0.3, 0.4) is 0 Å². The van der Waals surface area contributed by atoms with E-state index < -0.39 is 29.3 Å². The Morgan fingerprint density at radius 1 is 1.34 bits per heavy atom. The maximum absolute atomic E-state index is 12.2. The average Bonchev–Trinajstić information content (AvgIpc) is 3.13. The van der Waals surface area contributed by atoms with Crippen LogP contribution in [0.1, 0.15) is 50.2 Å². The molecule has 6 rings (SSSR count). The number of aromatic hydroxyl groups is 1. The van der Waals surface area contributed by atoms with Crippen LogP contribution in [-0.4, -0.2) is 52.4 Å². The highest BCUT2D eigenvalue weighted by Gasteiger charge is 2.80. The third-order valence-corrected chi connectivity index (χ3v) is 8.36. The van der Waals surface area contributed by atoms with Crippen LogP contribution in [-0.2, 0) is 26.2 Å². The standard InChI is InChI=1S/C22H25NO6/c1-20-8-11-2-3-13(26)17-16(11)21(9-20)18(28-17)14(27)6-7-22(21,19(20)23-10-24)29-15-5-4-12(15)25/h2-3,10,14-15,18-19,26-27H,4-9H2,1H3,(H,23,24). The summed E-state index contributed by atoms with van der Waals surface area (Å²) in [4.78, 5) is 23.9. The number of nitrogens with one attached hydrogen (secondary N) is 1. The second-order valence-electron chi connectivity index (χ2n) is 9.79. The van der Waals surface area contributed by atoms with Crippen LogP contribution in [0.4, 0.5) is 0 Å². The van der Waals surface area contributed by atoms with Gasteiger partial charge in [0.05, 0.1) is 17.6 Å². The monoisotopic (exact) mass is 399 g/mol. The second-order valence-corrected chi connectivity index (χ2v) is 9.79. The molecule has 3 fully saturated rings. The van der Waals surface area contributed by atoms with Gasteiger partial charge >= 0.3 is 0 Å². The van der Waals surface area contributed by atoms with Crippen LogP contribution in [0.5, 0.6) is 11.5 Å². The Kier molecular flexibility index (Phi) is 3.25. The molecule has 0 aromatic heterocycles.